The fraction of sp³-hybridized carbons (Fsp3) is 0.333. The van der Waals surface area contributed by atoms with Crippen LogP contribution in [0.3, 0.4) is 0 Å². The van der Waals surface area contributed by atoms with Crippen molar-refractivity contribution >= 4 is 12.4 Å². The highest BCUT2D eigenvalue weighted by molar-refractivity contribution is 5.85. The third kappa shape index (κ3) is 4.12. The number of methoxy groups -OCH3 is 1. The zero-order valence-corrected chi connectivity index (χ0v) is 8.65. The summed E-state index contributed by atoms with van der Waals surface area (Å²) in [5, 5.41) is 0. The van der Waals surface area contributed by atoms with Crippen LogP contribution in [0.5, 0.6) is 5.75 Å². The van der Waals surface area contributed by atoms with Crippen molar-refractivity contribution in [1.29, 1.82) is 0 Å². The topological polar surface area (TPSA) is 33.3 Å². The molecular formula is C9H15ClN2O. The van der Waals surface area contributed by atoms with Gasteiger partial charge in [-0.3, -0.25) is 10.9 Å². The van der Waals surface area contributed by atoms with E-state index in [0.717, 1.165) is 12.3 Å². The molecular weight excluding hydrogens is 188 g/mol. The van der Waals surface area contributed by atoms with E-state index in [9.17, 15) is 0 Å². The number of halogens is 1. The third-order valence-electron chi connectivity index (χ3n) is 1.63. The SMILES string of the molecule is CNNCc1ccc(OC)cc1.Cl. The van der Waals surface area contributed by atoms with Gasteiger partial charge in [-0.05, 0) is 24.7 Å². The molecule has 0 aromatic heterocycles. The summed E-state index contributed by atoms with van der Waals surface area (Å²) in [5.74, 6) is 0.892. The van der Waals surface area contributed by atoms with Crippen molar-refractivity contribution in [2.75, 3.05) is 14.2 Å². The molecule has 0 aliphatic heterocycles. The maximum absolute atomic E-state index is 5.04. The molecule has 4 heteroatoms. The minimum atomic E-state index is 0. The van der Waals surface area contributed by atoms with E-state index in [-0.39, 0.29) is 12.4 Å². The molecule has 74 valence electrons. The Balaban J connectivity index is 0.00000144. The van der Waals surface area contributed by atoms with Crippen LogP contribution in [-0.4, -0.2) is 14.2 Å². The highest BCUT2D eigenvalue weighted by atomic mass is 35.5. The van der Waals surface area contributed by atoms with E-state index in [0.29, 0.717) is 0 Å². The molecule has 0 saturated heterocycles. The van der Waals surface area contributed by atoms with Gasteiger partial charge in [-0.2, -0.15) is 0 Å². The van der Waals surface area contributed by atoms with Crippen molar-refractivity contribution in [2.45, 2.75) is 6.54 Å². The second-order valence-corrected chi connectivity index (χ2v) is 2.45. The van der Waals surface area contributed by atoms with E-state index < -0.39 is 0 Å². The largest absolute Gasteiger partial charge is 0.497 e. The molecule has 0 bridgehead atoms. The van der Waals surface area contributed by atoms with E-state index in [2.05, 4.69) is 10.9 Å². The molecule has 0 fully saturated rings. The number of ether oxygens (including phenoxy) is 1. The average molecular weight is 203 g/mol. The summed E-state index contributed by atoms with van der Waals surface area (Å²) in [6.07, 6.45) is 0. The van der Waals surface area contributed by atoms with Gasteiger partial charge in [-0.25, -0.2) is 0 Å². The van der Waals surface area contributed by atoms with Crippen LogP contribution in [0, 0.1) is 0 Å². The lowest BCUT2D eigenvalue weighted by molar-refractivity contribution is 0.414. The molecule has 0 atom stereocenters. The normalized spacial score (nSPS) is 9.08. The molecule has 1 rings (SSSR count). The van der Waals surface area contributed by atoms with Crippen LogP contribution >= 0.6 is 12.4 Å². The van der Waals surface area contributed by atoms with E-state index >= 15 is 0 Å². The molecule has 0 unspecified atom stereocenters. The first-order chi connectivity index (χ1) is 5.86. The number of nitrogens with one attached hydrogen (secondary N) is 2. The zero-order valence-electron chi connectivity index (χ0n) is 7.83. The van der Waals surface area contributed by atoms with Crippen molar-refractivity contribution in [1.82, 2.24) is 10.9 Å². The lowest BCUT2D eigenvalue weighted by Gasteiger charge is -2.03. The van der Waals surface area contributed by atoms with Crippen molar-refractivity contribution in [3.05, 3.63) is 29.8 Å². The molecule has 1 aromatic rings. The summed E-state index contributed by atoms with van der Waals surface area (Å²) in [6, 6.07) is 7.96. The van der Waals surface area contributed by atoms with Crippen molar-refractivity contribution in [3.8, 4) is 5.75 Å². The van der Waals surface area contributed by atoms with Gasteiger partial charge in [0.1, 0.15) is 5.75 Å². The van der Waals surface area contributed by atoms with Crippen LogP contribution in [0.15, 0.2) is 24.3 Å². The summed E-state index contributed by atoms with van der Waals surface area (Å²) in [6.45, 7) is 0.820. The molecule has 1 aromatic carbocycles. The molecule has 0 amide bonds. The van der Waals surface area contributed by atoms with Gasteiger partial charge >= 0.3 is 0 Å². The monoisotopic (exact) mass is 202 g/mol. The van der Waals surface area contributed by atoms with Gasteiger partial charge in [-0.15, -0.1) is 12.4 Å². The molecule has 0 radical (unpaired) electrons. The van der Waals surface area contributed by atoms with E-state index in [4.69, 9.17) is 4.74 Å². The summed E-state index contributed by atoms with van der Waals surface area (Å²) in [7, 11) is 3.52. The first-order valence-corrected chi connectivity index (χ1v) is 3.89. The minimum absolute atomic E-state index is 0. The number of rotatable bonds is 4. The van der Waals surface area contributed by atoms with Gasteiger partial charge in [0.2, 0.25) is 0 Å². The van der Waals surface area contributed by atoms with Gasteiger partial charge in [-0.1, -0.05) is 12.1 Å². The number of hydrogen-bond acceptors (Lipinski definition) is 3. The Bertz CT molecular complexity index is 226. The Morgan fingerprint density at radius 3 is 2.31 bits per heavy atom. The predicted octanol–water partition coefficient (Wildman–Crippen LogP) is 1.34. The van der Waals surface area contributed by atoms with E-state index in [1.54, 1.807) is 7.11 Å². The van der Waals surface area contributed by atoms with Crippen molar-refractivity contribution < 1.29 is 4.74 Å². The smallest absolute Gasteiger partial charge is 0.118 e. The predicted molar refractivity (Wildman–Crippen MR) is 56.1 cm³/mol. The number of benzene rings is 1. The van der Waals surface area contributed by atoms with Crippen molar-refractivity contribution in [3.63, 3.8) is 0 Å². The van der Waals surface area contributed by atoms with Gasteiger partial charge in [0.15, 0.2) is 0 Å². The maximum Gasteiger partial charge on any atom is 0.118 e. The first kappa shape index (κ1) is 12.2. The Morgan fingerprint density at radius 1 is 1.23 bits per heavy atom. The van der Waals surface area contributed by atoms with Crippen LogP contribution in [0.25, 0.3) is 0 Å². The lowest BCUT2D eigenvalue weighted by Crippen LogP contribution is -2.26. The third-order valence-corrected chi connectivity index (χ3v) is 1.63. The Kier molecular flexibility index (Phi) is 6.32. The Hall–Kier alpha value is -0.770. The van der Waals surface area contributed by atoms with Crippen LogP contribution in [-0.2, 0) is 6.54 Å². The summed E-state index contributed by atoms with van der Waals surface area (Å²) >= 11 is 0. The van der Waals surface area contributed by atoms with E-state index in [1.807, 2.05) is 31.3 Å². The Labute approximate surface area is 84.9 Å². The molecule has 0 aliphatic carbocycles. The standard InChI is InChI=1S/C9H14N2O.ClH/c1-10-11-7-8-3-5-9(12-2)6-4-8;/h3-6,10-11H,7H2,1-2H3;1H. The van der Waals surface area contributed by atoms with Crippen LogP contribution in [0.1, 0.15) is 5.56 Å². The van der Waals surface area contributed by atoms with Crippen LogP contribution in [0.2, 0.25) is 0 Å². The molecule has 0 spiro atoms. The molecule has 0 aliphatic rings. The highest BCUT2D eigenvalue weighted by Crippen LogP contribution is 2.10. The van der Waals surface area contributed by atoms with Crippen molar-refractivity contribution in [2.24, 2.45) is 0 Å². The minimum Gasteiger partial charge on any atom is -0.497 e. The van der Waals surface area contributed by atoms with Gasteiger partial charge in [0, 0.05) is 6.54 Å². The van der Waals surface area contributed by atoms with E-state index in [1.165, 1.54) is 5.56 Å². The van der Waals surface area contributed by atoms with Gasteiger partial charge in [0.05, 0.1) is 7.11 Å². The zero-order chi connectivity index (χ0) is 8.81. The van der Waals surface area contributed by atoms with Crippen LogP contribution in [0.4, 0.5) is 0 Å². The summed E-state index contributed by atoms with van der Waals surface area (Å²) in [4.78, 5) is 0. The first-order valence-electron chi connectivity index (χ1n) is 3.89. The number of hydrazine groups is 1. The summed E-state index contributed by atoms with van der Waals surface area (Å²) < 4.78 is 5.04. The fourth-order valence-corrected chi connectivity index (χ4v) is 0.934. The maximum atomic E-state index is 5.04. The average Bonchev–Trinajstić information content (AvgIpc) is 2.15. The highest BCUT2D eigenvalue weighted by Gasteiger charge is 1.91. The second-order valence-electron chi connectivity index (χ2n) is 2.45. The second kappa shape index (κ2) is 6.71. The molecule has 2 N–H and O–H groups in total. The Morgan fingerprint density at radius 2 is 1.85 bits per heavy atom. The molecule has 3 nitrogen and oxygen atoms in total. The summed E-state index contributed by atoms with van der Waals surface area (Å²) in [5.41, 5.74) is 7.10. The molecule has 0 heterocycles. The van der Waals surface area contributed by atoms with Crippen LogP contribution < -0.4 is 15.6 Å². The number of hydrogen-bond donors (Lipinski definition) is 2. The van der Waals surface area contributed by atoms with Gasteiger partial charge < -0.3 is 4.74 Å². The van der Waals surface area contributed by atoms with Gasteiger partial charge in [0.25, 0.3) is 0 Å². The lowest BCUT2D eigenvalue weighted by atomic mass is 10.2. The molecule has 0 saturated carbocycles. The molecule has 13 heavy (non-hydrogen) atoms. The quantitative estimate of drug-likeness (QED) is 0.724. The fourth-order valence-electron chi connectivity index (χ4n) is 0.934.